The lowest BCUT2D eigenvalue weighted by atomic mass is 10.2. The zero-order valence-corrected chi connectivity index (χ0v) is 12.1. The van der Waals surface area contributed by atoms with Gasteiger partial charge in [0.1, 0.15) is 16.8 Å². The molecule has 0 saturated heterocycles. The van der Waals surface area contributed by atoms with E-state index >= 15 is 0 Å². The molecule has 0 aliphatic carbocycles. The number of pyridine rings is 1. The number of hydrogen-bond donors (Lipinski definition) is 0. The Bertz CT molecular complexity index is 557. The fraction of sp³-hybridized carbons (Fsp3) is 0.357. The molecule has 4 nitrogen and oxygen atoms in total. The molecule has 0 atom stereocenters. The van der Waals surface area contributed by atoms with Crippen LogP contribution in [-0.2, 0) is 6.54 Å². The Morgan fingerprint density at radius 3 is 2.47 bits per heavy atom. The Morgan fingerprint density at radius 1 is 1.16 bits per heavy atom. The summed E-state index contributed by atoms with van der Waals surface area (Å²) in [4.78, 5) is 14.9. The first-order valence-electron chi connectivity index (χ1n) is 6.26. The lowest BCUT2D eigenvalue weighted by molar-refractivity contribution is 0.797. The van der Waals surface area contributed by atoms with E-state index in [9.17, 15) is 0 Å². The van der Waals surface area contributed by atoms with Crippen molar-refractivity contribution in [1.29, 1.82) is 0 Å². The fourth-order valence-corrected chi connectivity index (χ4v) is 2.14. The average molecular weight is 277 g/mol. The Kier molecular flexibility index (Phi) is 4.32. The van der Waals surface area contributed by atoms with Crippen LogP contribution in [0.4, 0.5) is 5.82 Å². The summed E-state index contributed by atoms with van der Waals surface area (Å²) in [6, 6.07) is 4.02. The summed E-state index contributed by atoms with van der Waals surface area (Å²) in [6.07, 6.45) is 3.60. The molecule has 0 aromatic carbocycles. The van der Waals surface area contributed by atoms with E-state index in [2.05, 4.69) is 26.8 Å². The van der Waals surface area contributed by atoms with Gasteiger partial charge in [0.15, 0.2) is 0 Å². The minimum Gasteiger partial charge on any atom is -0.352 e. The Labute approximate surface area is 118 Å². The van der Waals surface area contributed by atoms with E-state index in [4.69, 9.17) is 11.6 Å². The largest absolute Gasteiger partial charge is 0.352 e. The first-order chi connectivity index (χ1) is 9.11. The zero-order chi connectivity index (χ0) is 13.8. The van der Waals surface area contributed by atoms with Gasteiger partial charge in [-0.3, -0.25) is 4.98 Å². The normalized spacial score (nSPS) is 10.5. The number of hydrogen-bond acceptors (Lipinski definition) is 4. The zero-order valence-electron chi connectivity index (χ0n) is 11.4. The topological polar surface area (TPSA) is 41.9 Å². The molecule has 0 amide bonds. The van der Waals surface area contributed by atoms with Crippen LogP contribution >= 0.6 is 11.6 Å². The molecule has 2 rings (SSSR count). The average Bonchev–Trinajstić information content (AvgIpc) is 2.41. The van der Waals surface area contributed by atoms with E-state index in [1.165, 1.54) is 5.56 Å². The third-order valence-corrected chi connectivity index (χ3v) is 3.34. The molecule has 0 saturated carbocycles. The predicted molar refractivity (Wildman–Crippen MR) is 77.5 cm³/mol. The summed E-state index contributed by atoms with van der Waals surface area (Å²) < 4.78 is 0. The van der Waals surface area contributed by atoms with Crippen molar-refractivity contribution in [3.8, 4) is 0 Å². The first-order valence-corrected chi connectivity index (χ1v) is 6.64. The molecule has 0 aliphatic heterocycles. The molecule has 0 N–H and O–H groups in total. The molecule has 0 unspecified atom stereocenters. The Hall–Kier alpha value is -1.68. The molecule has 5 heteroatoms. The number of halogens is 1. The maximum absolute atomic E-state index is 6.14. The summed E-state index contributed by atoms with van der Waals surface area (Å²) in [5, 5.41) is 0.524. The van der Waals surface area contributed by atoms with Crippen molar-refractivity contribution in [2.75, 3.05) is 11.4 Å². The molecule has 0 fully saturated rings. The van der Waals surface area contributed by atoms with Gasteiger partial charge in [-0.1, -0.05) is 11.6 Å². The number of aryl methyl sites for hydroxylation is 1. The highest BCUT2D eigenvalue weighted by Gasteiger charge is 2.13. The highest BCUT2D eigenvalue weighted by atomic mass is 35.5. The second-order valence-corrected chi connectivity index (χ2v) is 4.74. The molecular formula is C14H17ClN4. The van der Waals surface area contributed by atoms with Gasteiger partial charge in [0.05, 0.1) is 0 Å². The molecule has 19 heavy (non-hydrogen) atoms. The van der Waals surface area contributed by atoms with E-state index < -0.39 is 0 Å². The van der Waals surface area contributed by atoms with Crippen molar-refractivity contribution < 1.29 is 0 Å². The lowest BCUT2D eigenvalue weighted by Gasteiger charge is -2.24. The molecule has 2 aromatic heterocycles. The number of aromatic nitrogens is 3. The second-order valence-electron chi connectivity index (χ2n) is 4.38. The summed E-state index contributed by atoms with van der Waals surface area (Å²) in [7, 11) is 0. The first kappa shape index (κ1) is 13.7. The van der Waals surface area contributed by atoms with Crippen molar-refractivity contribution in [2.45, 2.75) is 27.3 Å². The molecule has 100 valence electrons. The van der Waals surface area contributed by atoms with Crippen LogP contribution in [0.1, 0.15) is 23.9 Å². The second kappa shape index (κ2) is 5.97. The molecule has 0 radical (unpaired) electrons. The van der Waals surface area contributed by atoms with Crippen molar-refractivity contribution in [1.82, 2.24) is 15.0 Å². The van der Waals surface area contributed by atoms with Crippen LogP contribution in [0.5, 0.6) is 0 Å². The van der Waals surface area contributed by atoms with Gasteiger partial charge in [-0.15, -0.1) is 0 Å². The van der Waals surface area contributed by atoms with Crippen LogP contribution in [0.2, 0.25) is 5.15 Å². The van der Waals surface area contributed by atoms with Crippen molar-refractivity contribution >= 4 is 17.4 Å². The highest BCUT2D eigenvalue weighted by molar-refractivity contribution is 6.30. The summed E-state index contributed by atoms with van der Waals surface area (Å²) in [5.74, 6) is 1.59. The fourth-order valence-electron chi connectivity index (χ4n) is 1.93. The van der Waals surface area contributed by atoms with Gasteiger partial charge >= 0.3 is 0 Å². The van der Waals surface area contributed by atoms with Crippen LogP contribution in [0.25, 0.3) is 0 Å². The Balaban J connectivity index is 2.32. The predicted octanol–water partition coefficient (Wildman–Crippen LogP) is 3.17. The standard InChI is InChI=1S/C14H17ClN4/c1-4-19(9-12-5-7-16-8-6-12)14-10(2)13(15)17-11(3)18-14/h5-8H,4,9H2,1-3H3. The van der Waals surface area contributed by atoms with Gasteiger partial charge in [0.2, 0.25) is 0 Å². The molecule has 2 heterocycles. The molecular weight excluding hydrogens is 260 g/mol. The number of nitrogens with zero attached hydrogens (tertiary/aromatic N) is 4. The van der Waals surface area contributed by atoms with Crippen LogP contribution in [0.3, 0.4) is 0 Å². The third-order valence-electron chi connectivity index (χ3n) is 2.98. The van der Waals surface area contributed by atoms with E-state index in [1.54, 1.807) is 12.4 Å². The van der Waals surface area contributed by atoms with Crippen molar-refractivity contribution in [3.63, 3.8) is 0 Å². The van der Waals surface area contributed by atoms with Gasteiger partial charge in [-0.05, 0) is 38.5 Å². The smallest absolute Gasteiger partial charge is 0.137 e. The maximum Gasteiger partial charge on any atom is 0.137 e. The number of rotatable bonds is 4. The van der Waals surface area contributed by atoms with Crippen molar-refractivity contribution in [3.05, 3.63) is 46.6 Å². The quantitative estimate of drug-likeness (QED) is 0.805. The minimum atomic E-state index is 0.524. The molecule has 0 spiro atoms. The molecule has 0 bridgehead atoms. The van der Waals surface area contributed by atoms with Gasteiger partial charge in [0, 0.05) is 31.0 Å². The number of anilines is 1. The molecule has 0 aliphatic rings. The molecule has 2 aromatic rings. The van der Waals surface area contributed by atoms with E-state index in [-0.39, 0.29) is 0 Å². The van der Waals surface area contributed by atoms with E-state index in [0.717, 1.165) is 24.5 Å². The van der Waals surface area contributed by atoms with E-state index in [0.29, 0.717) is 11.0 Å². The maximum atomic E-state index is 6.14. The van der Waals surface area contributed by atoms with Gasteiger partial charge < -0.3 is 4.90 Å². The summed E-state index contributed by atoms with van der Waals surface area (Å²) >= 11 is 6.14. The van der Waals surface area contributed by atoms with Crippen LogP contribution in [0, 0.1) is 13.8 Å². The SMILES string of the molecule is CCN(Cc1ccncc1)c1nc(C)nc(Cl)c1C. The van der Waals surface area contributed by atoms with E-state index in [1.807, 2.05) is 26.0 Å². The van der Waals surface area contributed by atoms with Crippen LogP contribution in [-0.4, -0.2) is 21.5 Å². The lowest BCUT2D eigenvalue weighted by Crippen LogP contribution is -2.24. The van der Waals surface area contributed by atoms with Gasteiger partial charge in [-0.25, -0.2) is 9.97 Å². The minimum absolute atomic E-state index is 0.524. The van der Waals surface area contributed by atoms with Crippen molar-refractivity contribution in [2.24, 2.45) is 0 Å². The van der Waals surface area contributed by atoms with Crippen LogP contribution < -0.4 is 4.90 Å². The summed E-state index contributed by atoms with van der Waals surface area (Å²) in [6.45, 7) is 7.55. The Morgan fingerprint density at radius 2 is 1.84 bits per heavy atom. The van der Waals surface area contributed by atoms with Gasteiger partial charge in [-0.2, -0.15) is 0 Å². The highest BCUT2D eigenvalue weighted by Crippen LogP contribution is 2.24. The summed E-state index contributed by atoms with van der Waals surface area (Å²) in [5.41, 5.74) is 2.12. The van der Waals surface area contributed by atoms with Gasteiger partial charge in [0.25, 0.3) is 0 Å². The van der Waals surface area contributed by atoms with Crippen LogP contribution in [0.15, 0.2) is 24.5 Å². The third kappa shape index (κ3) is 3.20. The monoisotopic (exact) mass is 276 g/mol.